The predicted octanol–water partition coefficient (Wildman–Crippen LogP) is 2.00. The summed E-state index contributed by atoms with van der Waals surface area (Å²) >= 11 is 0. The van der Waals surface area contributed by atoms with Gasteiger partial charge in [0.05, 0.1) is 24.3 Å². The number of aromatic nitrogens is 3. The average molecular weight is 472 g/mol. The molecule has 180 valence electrons. The maximum Gasteiger partial charge on any atom is 0.258 e. The van der Waals surface area contributed by atoms with Crippen LogP contribution in [0, 0.1) is 17.8 Å². The molecule has 1 saturated carbocycles. The molecule has 1 saturated heterocycles. The van der Waals surface area contributed by atoms with E-state index in [0.29, 0.717) is 24.6 Å². The number of likely N-dealkylation sites (tertiary alicyclic amines) is 1. The van der Waals surface area contributed by atoms with Gasteiger partial charge in [-0.3, -0.25) is 14.5 Å². The number of aliphatic hydroxyl groups excluding tert-OH is 1. The zero-order chi connectivity index (χ0) is 23.9. The van der Waals surface area contributed by atoms with Crippen LogP contribution in [-0.2, 0) is 17.9 Å². The zero-order valence-electron chi connectivity index (χ0n) is 19.5. The Morgan fingerprint density at radius 1 is 1.11 bits per heavy atom. The Morgan fingerprint density at radius 3 is 2.66 bits per heavy atom. The van der Waals surface area contributed by atoms with E-state index < -0.39 is 6.04 Å². The standard InChI is InChI=1S/C27H29N5O3/c33-15-22-21-14-31-23(9-8-20(27(31)35)18-4-2-1-3-5-18)24(21)32(13-17-6-7-17)25(22)26(34)29-12-19-10-11-28-16-30-19/h1-5,8-11,16-17,21-22,24-25,33H,6-7,12-15H2,(H,29,34)/t21-,22-,24+,25-/m0/s1. The van der Waals surface area contributed by atoms with Crippen LogP contribution in [0.3, 0.4) is 0 Å². The van der Waals surface area contributed by atoms with Gasteiger partial charge in [0, 0.05) is 49.0 Å². The highest BCUT2D eigenvalue weighted by Crippen LogP contribution is 2.50. The summed E-state index contributed by atoms with van der Waals surface area (Å²) in [5.41, 5.74) is 3.27. The number of carbonyl (C=O) groups excluding carboxylic acids is 1. The molecule has 35 heavy (non-hydrogen) atoms. The van der Waals surface area contributed by atoms with Gasteiger partial charge in [0.1, 0.15) is 6.33 Å². The highest BCUT2D eigenvalue weighted by atomic mass is 16.3. The number of amides is 1. The molecule has 8 heteroatoms. The number of carbonyl (C=O) groups is 1. The smallest absolute Gasteiger partial charge is 0.258 e. The van der Waals surface area contributed by atoms with Crippen LogP contribution >= 0.6 is 0 Å². The molecule has 0 bridgehead atoms. The molecule has 3 aliphatic rings. The topological polar surface area (TPSA) is 100 Å². The van der Waals surface area contributed by atoms with Gasteiger partial charge in [-0.25, -0.2) is 9.97 Å². The molecule has 3 aromatic rings. The Kier molecular flexibility index (Phi) is 5.70. The number of nitrogens with one attached hydrogen (secondary N) is 1. The van der Waals surface area contributed by atoms with Gasteiger partial charge in [0.25, 0.3) is 5.56 Å². The zero-order valence-corrected chi connectivity index (χ0v) is 19.5. The largest absolute Gasteiger partial charge is 0.396 e. The molecule has 1 amide bonds. The number of rotatable bonds is 7. The van der Waals surface area contributed by atoms with Crippen molar-refractivity contribution in [3.63, 3.8) is 0 Å². The summed E-state index contributed by atoms with van der Waals surface area (Å²) in [7, 11) is 0. The van der Waals surface area contributed by atoms with Crippen LogP contribution in [0.5, 0.6) is 0 Å². The lowest BCUT2D eigenvalue weighted by molar-refractivity contribution is -0.128. The second-order valence-corrected chi connectivity index (χ2v) is 9.91. The fourth-order valence-corrected chi connectivity index (χ4v) is 5.96. The van der Waals surface area contributed by atoms with Crippen LogP contribution in [0.1, 0.15) is 30.3 Å². The van der Waals surface area contributed by atoms with E-state index >= 15 is 0 Å². The molecule has 4 heterocycles. The maximum atomic E-state index is 13.5. The number of fused-ring (bicyclic) bond motifs is 3. The van der Waals surface area contributed by atoms with Crippen LogP contribution in [0.15, 0.2) is 65.8 Å². The maximum absolute atomic E-state index is 13.5. The van der Waals surface area contributed by atoms with Gasteiger partial charge in [0.2, 0.25) is 5.91 Å². The van der Waals surface area contributed by atoms with E-state index in [1.54, 1.807) is 12.3 Å². The van der Waals surface area contributed by atoms with Gasteiger partial charge >= 0.3 is 0 Å². The lowest BCUT2D eigenvalue weighted by atomic mass is 9.88. The van der Waals surface area contributed by atoms with Gasteiger partial charge in [-0.2, -0.15) is 0 Å². The molecular weight excluding hydrogens is 442 g/mol. The highest BCUT2D eigenvalue weighted by Gasteiger charge is 2.56. The highest BCUT2D eigenvalue weighted by molar-refractivity contribution is 5.82. The molecule has 1 aliphatic carbocycles. The van der Waals surface area contributed by atoms with Crippen molar-refractivity contribution in [2.24, 2.45) is 17.8 Å². The summed E-state index contributed by atoms with van der Waals surface area (Å²) < 4.78 is 1.87. The van der Waals surface area contributed by atoms with Crippen LogP contribution in [0.25, 0.3) is 11.1 Å². The molecule has 8 nitrogen and oxygen atoms in total. The van der Waals surface area contributed by atoms with E-state index in [-0.39, 0.29) is 36.0 Å². The first-order valence-electron chi connectivity index (χ1n) is 12.3. The van der Waals surface area contributed by atoms with E-state index in [0.717, 1.165) is 36.3 Å². The van der Waals surface area contributed by atoms with Crippen LogP contribution in [-0.4, -0.2) is 49.6 Å². The van der Waals surface area contributed by atoms with E-state index in [2.05, 4.69) is 20.2 Å². The summed E-state index contributed by atoms with van der Waals surface area (Å²) in [5, 5.41) is 13.5. The molecule has 2 N–H and O–H groups in total. The first kappa shape index (κ1) is 22.1. The molecule has 2 aliphatic heterocycles. The predicted molar refractivity (Wildman–Crippen MR) is 130 cm³/mol. The number of nitrogens with zero attached hydrogens (tertiary/aromatic N) is 4. The SMILES string of the molecule is O=C(NCc1ccncn1)[C@@H]1[C@@H](CO)[C@@H]2Cn3c(ccc(-c4ccccc4)c3=O)[C@@H]2N1CC1CC1. The first-order valence-corrected chi connectivity index (χ1v) is 12.3. The van der Waals surface area contributed by atoms with Gasteiger partial charge in [-0.1, -0.05) is 30.3 Å². The molecule has 2 aromatic heterocycles. The minimum atomic E-state index is -0.435. The summed E-state index contributed by atoms with van der Waals surface area (Å²) in [5.74, 6) is 0.234. The monoisotopic (exact) mass is 471 g/mol. The van der Waals surface area contributed by atoms with Crippen molar-refractivity contribution >= 4 is 5.91 Å². The van der Waals surface area contributed by atoms with Crippen molar-refractivity contribution in [1.29, 1.82) is 0 Å². The molecule has 4 atom stereocenters. The van der Waals surface area contributed by atoms with E-state index in [9.17, 15) is 14.7 Å². The summed E-state index contributed by atoms with van der Waals surface area (Å²) in [6, 6.07) is 15.0. The van der Waals surface area contributed by atoms with E-state index in [1.165, 1.54) is 6.33 Å². The summed E-state index contributed by atoms with van der Waals surface area (Å²) in [4.78, 5) is 37.4. The Labute approximate surface area is 203 Å². The van der Waals surface area contributed by atoms with Gasteiger partial charge in [-0.15, -0.1) is 0 Å². The van der Waals surface area contributed by atoms with Crippen molar-refractivity contribution in [3.8, 4) is 11.1 Å². The lowest BCUT2D eigenvalue weighted by Gasteiger charge is -2.31. The third-order valence-electron chi connectivity index (χ3n) is 7.80. The summed E-state index contributed by atoms with van der Waals surface area (Å²) in [6.45, 7) is 1.54. The third-order valence-corrected chi connectivity index (χ3v) is 7.80. The first-order chi connectivity index (χ1) is 17.2. The fourth-order valence-electron chi connectivity index (χ4n) is 5.96. The van der Waals surface area contributed by atoms with E-state index in [1.807, 2.05) is 47.0 Å². The fraction of sp³-hybridized carbons (Fsp3) is 0.407. The molecule has 0 radical (unpaired) electrons. The molecule has 2 fully saturated rings. The molecule has 0 spiro atoms. The summed E-state index contributed by atoms with van der Waals surface area (Å²) in [6.07, 6.45) is 5.44. The molecule has 6 rings (SSSR count). The molecule has 0 unspecified atom stereocenters. The quantitative estimate of drug-likeness (QED) is 0.547. The number of hydrogen-bond acceptors (Lipinski definition) is 6. The van der Waals surface area contributed by atoms with Gasteiger partial charge in [-0.05, 0) is 42.5 Å². The third kappa shape index (κ3) is 3.96. The number of hydrogen-bond donors (Lipinski definition) is 2. The second-order valence-electron chi connectivity index (χ2n) is 9.91. The van der Waals surface area contributed by atoms with Crippen LogP contribution < -0.4 is 10.9 Å². The Morgan fingerprint density at radius 2 is 1.94 bits per heavy atom. The van der Waals surface area contributed by atoms with E-state index in [4.69, 9.17) is 0 Å². The molecule has 1 aromatic carbocycles. The van der Waals surface area contributed by atoms with Crippen LogP contribution in [0.4, 0.5) is 0 Å². The van der Waals surface area contributed by atoms with Crippen molar-refractivity contribution in [1.82, 2.24) is 24.8 Å². The number of pyridine rings is 1. The minimum absolute atomic E-state index is 0.00377. The minimum Gasteiger partial charge on any atom is -0.396 e. The van der Waals surface area contributed by atoms with Crippen molar-refractivity contribution in [3.05, 3.63) is 82.8 Å². The van der Waals surface area contributed by atoms with Crippen molar-refractivity contribution in [2.75, 3.05) is 13.2 Å². The van der Waals surface area contributed by atoms with Crippen molar-refractivity contribution in [2.45, 2.75) is 38.0 Å². The Bertz CT molecular complexity index is 1270. The molecular formula is C27H29N5O3. The second kappa shape index (κ2) is 9.02. The lowest BCUT2D eigenvalue weighted by Crippen LogP contribution is -2.48. The Hall–Kier alpha value is -3.36. The van der Waals surface area contributed by atoms with Crippen LogP contribution in [0.2, 0.25) is 0 Å². The van der Waals surface area contributed by atoms with Gasteiger partial charge < -0.3 is 15.0 Å². The Balaban J connectivity index is 1.33. The average Bonchev–Trinajstić information content (AvgIpc) is 3.55. The van der Waals surface area contributed by atoms with Crippen molar-refractivity contribution < 1.29 is 9.90 Å². The van der Waals surface area contributed by atoms with Gasteiger partial charge in [0.15, 0.2) is 0 Å². The normalized spacial score (nSPS) is 25.3. The number of benzene rings is 1. The number of aliphatic hydroxyl groups is 1.